The Bertz CT molecular complexity index is 203. The molecule has 0 aromatic rings. The highest BCUT2D eigenvalue weighted by atomic mass is 32.1. The predicted octanol–water partition coefficient (Wildman–Crippen LogP) is 2.21. The molecule has 0 radical (unpaired) electrons. The highest BCUT2D eigenvalue weighted by molar-refractivity contribution is 7.80. The van der Waals surface area contributed by atoms with Crippen molar-refractivity contribution in [3.8, 4) is 0 Å². The Balaban J connectivity index is 2.21. The average molecular weight is 244 g/mol. The zero-order chi connectivity index (χ0) is 11.8. The van der Waals surface area contributed by atoms with Crippen LogP contribution in [0.1, 0.15) is 45.4 Å². The van der Waals surface area contributed by atoms with Crippen LogP contribution < -0.4 is 10.6 Å². The third-order valence-corrected chi connectivity index (χ3v) is 3.22. The second kappa shape index (κ2) is 7.85. The third kappa shape index (κ3) is 5.66. The van der Waals surface area contributed by atoms with Gasteiger partial charge >= 0.3 is 0 Å². The molecular formula is C12H24N2OS. The van der Waals surface area contributed by atoms with Crippen LogP contribution in [0.25, 0.3) is 0 Å². The van der Waals surface area contributed by atoms with Crippen molar-refractivity contribution < 1.29 is 4.74 Å². The molecule has 0 unspecified atom stereocenters. The van der Waals surface area contributed by atoms with Gasteiger partial charge in [-0.3, -0.25) is 0 Å². The largest absolute Gasteiger partial charge is 0.383 e. The van der Waals surface area contributed by atoms with Gasteiger partial charge in [0.2, 0.25) is 0 Å². The maximum atomic E-state index is 5.29. The summed E-state index contributed by atoms with van der Waals surface area (Å²) in [6.07, 6.45) is 7.90. The molecule has 0 amide bonds. The molecule has 94 valence electrons. The van der Waals surface area contributed by atoms with Crippen LogP contribution in [0.15, 0.2) is 0 Å². The van der Waals surface area contributed by atoms with Gasteiger partial charge in [0, 0.05) is 19.2 Å². The lowest BCUT2D eigenvalue weighted by atomic mass is 10.1. The first-order valence-electron chi connectivity index (χ1n) is 6.28. The van der Waals surface area contributed by atoms with Gasteiger partial charge in [-0.2, -0.15) is 0 Å². The fourth-order valence-electron chi connectivity index (χ4n) is 2.17. The Labute approximate surface area is 104 Å². The Hall–Kier alpha value is -0.350. The van der Waals surface area contributed by atoms with Crippen molar-refractivity contribution >= 4 is 17.3 Å². The van der Waals surface area contributed by atoms with Crippen LogP contribution in [0.3, 0.4) is 0 Å². The number of methoxy groups -OCH3 is 1. The first-order chi connectivity index (χ1) is 7.72. The van der Waals surface area contributed by atoms with Crippen molar-refractivity contribution in [2.24, 2.45) is 0 Å². The highest BCUT2D eigenvalue weighted by Crippen LogP contribution is 2.16. The highest BCUT2D eigenvalue weighted by Gasteiger charge is 2.13. The maximum absolute atomic E-state index is 5.29. The first-order valence-corrected chi connectivity index (χ1v) is 6.69. The molecule has 0 aliphatic heterocycles. The van der Waals surface area contributed by atoms with E-state index in [4.69, 9.17) is 17.0 Å². The summed E-state index contributed by atoms with van der Waals surface area (Å²) in [6.45, 7) is 2.76. The van der Waals surface area contributed by atoms with Gasteiger partial charge in [0.05, 0.1) is 6.61 Å². The van der Waals surface area contributed by atoms with Gasteiger partial charge in [-0.25, -0.2) is 0 Å². The van der Waals surface area contributed by atoms with Crippen molar-refractivity contribution in [1.82, 2.24) is 10.6 Å². The van der Waals surface area contributed by atoms with Gasteiger partial charge in [-0.1, -0.05) is 25.7 Å². The lowest BCUT2D eigenvalue weighted by Gasteiger charge is -2.21. The lowest BCUT2D eigenvalue weighted by Crippen LogP contribution is -2.46. The number of rotatable bonds is 4. The normalized spacial score (nSPS) is 19.9. The Kier molecular flexibility index (Phi) is 6.73. The molecule has 0 heterocycles. The van der Waals surface area contributed by atoms with E-state index in [1.807, 2.05) is 0 Å². The van der Waals surface area contributed by atoms with E-state index in [0.29, 0.717) is 12.6 Å². The fraction of sp³-hybridized carbons (Fsp3) is 0.917. The lowest BCUT2D eigenvalue weighted by molar-refractivity contribution is 0.179. The van der Waals surface area contributed by atoms with E-state index in [9.17, 15) is 0 Å². The fourth-order valence-corrected chi connectivity index (χ4v) is 2.53. The standard InChI is InChI=1S/C12H24N2OS/c1-10(9-15-2)13-12(16)14-11-7-5-3-4-6-8-11/h10-11H,3-9H2,1-2H3,(H2,13,14,16)/t10-/m1/s1. The summed E-state index contributed by atoms with van der Waals surface area (Å²) >= 11 is 5.29. The summed E-state index contributed by atoms with van der Waals surface area (Å²) < 4.78 is 5.06. The summed E-state index contributed by atoms with van der Waals surface area (Å²) in [5.41, 5.74) is 0. The van der Waals surface area contributed by atoms with E-state index >= 15 is 0 Å². The van der Waals surface area contributed by atoms with E-state index < -0.39 is 0 Å². The van der Waals surface area contributed by atoms with E-state index in [-0.39, 0.29) is 6.04 Å². The van der Waals surface area contributed by atoms with Crippen molar-refractivity contribution in [2.75, 3.05) is 13.7 Å². The molecule has 1 aliphatic carbocycles. The minimum Gasteiger partial charge on any atom is -0.383 e. The third-order valence-electron chi connectivity index (χ3n) is 2.98. The molecule has 0 spiro atoms. The van der Waals surface area contributed by atoms with Gasteiger partial charge in [0.25, 0.3) is 0 Å². The van der Waals surface area contributed by atoms with Gasteiger partial charge in [-0.15, -0.1) is 0 Å². The van der Waals surface area contributed by atoms with Gasteiger partial charge in [0.1, 0.15) is 0 Å². The molecule has 2 N–H and O–H groups in total. The smallest absolute Gasteiger partial charge is 0.166 e. The second-order valence-electron chi connectivity index (χ2n) is 4.66. The molecular weight excluding hydrogens is 220 g/mol. The van der Waals surface area contributed by atoms with Crippen molar-refractivity contribution in [2.45, 2.75) is 57.5 Å². The molecule has 3 nitrogen and oxygen atoms in total. The number of nitrogens with one attached hydrogen (secondary N) is 2. The van der Waals surface area contributed by atoms with Crippen molar-refractivity contribution in [1.29, 1.82) is 0 Å². The SMILES string of the molecule is COC[C@@H](C)NC(=S)NC1CCCCCC1. The molecule has 1 atom stereocenters. The maximum Gasteiger partial charge on any atom is 0.166 e. The topological polar surface area (TPSA) is 33.3 Å². The predicted molar refractivity (Wildman–Crippen MR) is 71.7 cm³/mol. The van der Waals surface area contributed by atoms with E-state index in [2.05, 4.69) is 17.6 Å². The number of hydrogen-bond donors (Lipinski definition) is 2. The minimum absolute atomic E-state index is 0.274. The van der Waals surface area contributed by atoms with E-state index in [1.54, 1.807) is 7.11 Å². The summed E-state index contributed by atoms with van der Waals surface area (Å²) in [7, 11) is 1.71. The molecule has 0 aromatic heterocycles. The van der Waals surface area contributed by atoms with Crippen LogP contribution in [-0.2, 0) is 4.74 Å². The molecule has 4 heteroatoms. The quantitative estimate of drug-likeness (QED) is 0.587. The second-order valence-corrected chi connectivity index (χ2v) is 5.07. The molecule has 0 bridgehead atoms. The summed E-state index contributed by atoms with van der Waals surface area (Å²) in [4.78, 5) is 0. The Morgan fingerprint density at radius 2 is 1.94 bits per heavy atom. The Morgan fingerprint density at radius 3 is 2.50 bits per heavy atom. The van der Waals surface area contributed by atoms with Crippen molar-refractivity contribution in [3.63, 3.8) is 0 Å². The van der Waals surface area contributed by atoms with Crippen LogP contribution in [0.4, 0.5) is 0 Å². The van der Waals surface area contributed by atoms with Crippen LogP contribution in [0.5, 0.6) is 0 Å². The molecule has 0 saturated heterocycles. The van der Waals surface area contributed by atoms with Crippen LogP contribution >= 0.6 is 12.2 Å². The van der Waals surface area contributed by atoms with E-state index in [1.165, 1.54) is 38.5 Å². The summed E-state index contributed by atoms with van der Waals surface area (Å²) in [6, 6.07) is 0.841. The summed E-state index contributed by atoms with van der Waals surface area (Å²) in [5.74, 6) is 0. The molecule has 16 heavy (non-hydrogen) atoms. The monoisotopic (exact) mass is 244 g/mol. The minimum atomic E-state index is 0.274. The van der Waals surface area contributed by atoms with Crippen LogP contribution in [0.2, 0.25) is 0 Å². The van der Waals surface area contributed by atoms with Crippen LogP contribution in [0, 0.1) is 0 Å². The van der Waals surface area contributed by atoms with E-state index in [0.717, 1.165) is 5.11 Å². The number of hydrogen-bond acceptors (Lipinski definition) is 2. The molecule has 1 aliphatic rings. The molecule has 1 rings (SSSR count). The van der Waals surface area contributed by atoms with Gasteiger partial charge in [-0.05, 0) is 32.0 Å². The molecule has 1 saturated carbocycles. The molecule has 1 fully saturated rings. The van der Waals surface area contributed by atoms with Crippen LogP contribution in [-0.4, -0.2) is 30.9 Å². The number of thiocarbonyl (C=S) groups is 1. The first kappa shape index (κ1) is 13.7. The zero-order valence-electron chi connectivity index (χ0n) is 10.4. The molecule has 0 aromatic carbocycles. The van der Waals surface area contributed by atoms with Gasteiger partial charge in [0.15, 0.2) is 5.11 Å². The summed E-state index contributed by atoms with van der Waals surface area (Å²) in [5, 5.41) is 7.43. The average Bonchev–Trinajstić information content (AvgIpc) is 2.46. The number of ether oxygens (including phenoxy) is 1. The Morgan fingerprint density at radius 1 is 1.31 bits per heavy atom. The van der Waals surface area contributed by atoms with Crippen molar-refractivity contribution in [3.05, 3.63) is 0 Å². The zero-order valence-corrected chi connectivity index (χ0v) is 11.2. The van der Waals surface area contributed by atoms with Gasteiger partial charge < -0.3 is 15.4 Å².